The maximum absolute atomic E-state index is 5.57. The van der Waals surface area contributed by atoms with E-state index in [1.165, 1.54) is 5.56 Å². The molecular weight excluding hydrogens is 262 g/mol. The number of benzene rings is 1. The van der Waals surface area contributed by atoms with E-state index >= 15 is 0 Å². The van der Waals surface area contributed by atoms with Crippen LogP contribution in [0.2, 0.25) is 0 Å². The van der Waals surface area contributed by atoms with Crippen LogP contribution in [0.15, 0.2) is 35.3 Å². The summed E-state index contributed by atoms with van der Waals surface area (Å²) in [5.74, 6) is 1.52. The monoisotopic (exact) mass is 291 g/mol. The summed E-state index contributed by atoms with van der Waals surface area (Å²) in [6.45, 7) is 7.54. The molecule has 0 aliphatic heterocycles. The first-order valence-corrected chi connectivity index (χ1v) is 7.67. The molecule has 0 bridgehead atoms. The highest BCUT2D eigenvalue weighted by Crippen LogP contribution is 2.00. The molecule has 21 heavy (non-hydrogen) atoms. The topological polar surface area (TPSA) is 36.9 Å². The highest BCUT2D eigenvalue weighted by Gasteiger charge is 2.01. The summed E-state index contributed by atoms with van der Waals surface area (Å²) in [5, 5.41) is 3.37. The first-order chi connectivity index (χ1) is 10.1. The fourth-order valence-electron chi connectivity index (χ4n) is 1.80. The van der Waals surface area contributed by atoms with Crippen LogP contribution < -0.4 is 5.32 Å². The number of nitrogens with one attached hydrogen (secondary N) is 1. The van der Waals surface area contributed by atoms with Gasteiger partial charge in [-0.1, -0.05) is 44.2 Å². The molecule has 118 valence electrons. The minimum Gasteiger partial charge on any atom is -0.381 e. The van der Waals surface area contributed by atoms with Crippen molar-refractivity contribution in [3.63, 3.8) is 0 Å². The zero-order chi connectivity index (χ0) is 15.5. The fraction of sp³-hybridized carbons (Fsp3) is 0.588. The summed E-state index contributed by atoms with van der Waals surface area (Å²) < 4.78 is 5.57. The van der Waals surface area contributed by atoms with Gasteiger partial charge >= 0.3 is 0 Å². The molecule has 1 N–H and O–H groups in total. The van der Waals surface area contributed by atoms with Crippen LogP contribution in [-0.2, 0) is 11.3 Å². The molecule has 0 unspecified atom stereocenters. The summed E-state index contributed by atoms with van der Waals surface area (Å²) in [5.41, 5.74) is 1.22. The van der Waals surface area contributed by atoms with Gasteiger partial charge in [0.05, 0.1) is 6.54 Å². The molecule has 0 saturated heterocycles. The zero-order valence-corrected chi connectivity index (χ0v) is 13.8. The van der Waals surface area contributed by atoms with Crippen LogP contribution in [0.25, 0.3) is 0 Å². The van der Waals surface area contributed by atoms with Crippen LogP contribution in [0.5, 0.6) is 0 Å². The Kier molecular flexibility index (Phi) is 8.51. The molecule has 0 aliphatic carbocycles. The molecule has 0 spiro atoms. The number of aliphatic imine (C=N–C) groups is 1. The fourth-order valence-corrected chi connectivity index (χ4v) is 1.80. The molecule has 0 aromatic heterocycles. The van der Waals surface area contributed by atoms with Crippen molar-refractivity contribution in [3.8, 4) is 0 Å². The molecule has 0 amide bonds. The Morgan fingerprint density at radius 2 is 1.95 bits per heavy atom. The molecule has 0 aliphatic rings. The van der Waals surface area contributed by atoms with Crippen molar-refractivity contribution in [2.45, 2.75) is 26.8 Å². The number of ether oxygens (including phenoxy) is 1. The molecule has 0 radical (unpaired) electrons. The van der Waals surface area contributed by atoms with Crippen molar-refractivity contribution in [3.05, 3.63) is 35.9 Å². The van der Waals surface area contributed by atoms with Crippen molar-refractivity contribution in [2.24, 2.45) is 10.9 Å². The maximum atomic E-state index is 5.57. The average molecular weight is 291 g/mol. The van der Waals surface area contributed by atoms with E-state index in [-0.39, 0.29) is 0 Å². The van der Waals surface area contributed by atoms with Crippen LogP contribution in [-0.4, -0.2) is 44.7 Å². The Morgan fingerprint density at radius 1 is 1.24 bits per heavy atom. The van der Waals surface area contributed by atoms with E-state index < -0.39 is 0 Å². The van der Waals surface area contributed by atoms with E-state index in [0.29, 0.717) is 12.5 Å². The third-order valence-electron chi connectivity index (χ3n) is 2.88. The van der Waals surface area contributed by atoms with Crippen molar-refractivity contribution < 1.29 is 4.74 Å². The predicted molar refractivity (Wildman–Crippen MR) is 89.5 cm³/mol. The number of hydrogen-bond acceptors (Lipinski definition) is 2. The molecular formula is C17H29N3O. The number of rotatable bonds is 8. The van der Waals surface area contributed by atoms with E-state index in [9.17, 15) is 0 Å². The molecule has 1 aromatic rings. The SMILES string of the molecule is CC(C)COCCCNC(=NCc1ccccc1)N(C)C. The van der Waals surface area contributed by atoms with Gasteiger partial charge in [0.25, 0.3) is 0 Å². The largest absolute Gasteiger partial charge is 0.381 e. The molecule has 0 saturated carbocycles. The van der Waals surface area contributed by atoms with E-state index in [2.05, 4.69) is 36.3 Å². The Morgan fingerprint density at radius 3 is 2.57 bits per heavy atom. The van der Waals surface area contributed by atoms with Crippen LogP contribution in [0.1, 0.15) is 25.8 Å². The van der Waals surface area contributed by atoms with Gasteiger partial charge in [0.1, 0.15) is 0 Å². The van der Waals surface area contributed by atoms with Gasteiger partial charge in [0.15, 0.2) is 5.96 Å². The lowest BCUT2D eigenvalue weighted by molar-refractivity contribution is 0.108. The maximum Gasteiger partial charge on any atom is 0.193 e. The van der Waals surface area contributed by atoms with Gasteiger partial charge in [0.2, 0.25) is 0 Å². The van der Waals surface area contributed by atoms with E-state index in [1.54, 1.807) is 0 Å². The second-order valence-electron chi connectivity index (χ2n) is 5.77. The first kappa shape index (κ1) is 17.5. The first-order valence-electron chi connectivity index (χ1n) is 7.67. The molecule has 1 rings (SSSR count). The Hall–Kier alpha value is -1.55. The van der Waals surface area contributed by atoms with Crippen LogP contribution >= 0.6 is 0 Å². The van der Waals surface area contributed by atoms with Gasteiger partial charge in [-0.3, -0.25) is 0 Å². The lowest BCUT2D eigenvalue weighted by Crippen LogP contribution is -2.37. The molecule has 4 nitrogen and oxygen atoms in total. The van der Waals surface area contributed by atoms with Gasteiger partial charge in [-0.05, 0) is 17.9 Å². The Balaban J connectivity index is 2.30. The minimum atomic E-state index is 0.600. The third-order valence-corrected chi connectivity index (χ3v) is 2.88. The molecule has 0 heterocycles. The molecule has 4 heteroatoms. The summed E-state index contributed by atoms with van der Waals surface area (Å²) in [6.07, 6.45) is 0.991. The molecule has 0 atom stereocenters. The lowest BCUT2D eigenvalue weighted by Gasteiger charge is -2.17. The quantitative estimate of drug-likeness (QED) is 0.454. The van der Waals surface area contributed by atoms with Gasteiger partial charge in [0, 0.05) is 33.9 Å². The lowest BCUT2D eigenvalue weighted by atomic mass is 10.2. The third kappa shape index (κ3) is 8.35. The van der Waals surface area contributed by atoms with Crippen LogP contribution in [0, 0.1) is 5.92 Å². The standard InChI is InChI=1S/C17H29N3O/c1-15(2)14-21-12-8-11-18-17(20(3)4)19-13-16-9-6-5-7-10-16/h5-7,9-10,15H,8,11-14H2,1-4H3,(H,18,19). The van der Waals surface area contributed by atoms with Gasteiger partial charge in [-0.25, -0.2) is 4.99 Å². The normalized spacial score (nSPS) is 11.8. The van der Waals surface area contributed by atoms with Crippen molar-refractivity contribution in [2.75, 3.05) is 33.9 Å². The van der Waals surface area contributed by atoms with Gasteiger partial charge in [-0.2, -0.15) is 0 Å². The summed E-state index contributed by atoms with van der Waals surface area (Å²) >= 11 is 0. The van der Waals surface area contributed by atoms with Crippen molar-refractivity contribution >= 4 is 5.96 Å². The second-order valence-corrected chi connectivity index (χ2v) is 5.77. The number of hydrogen-bond donors (Lipinski definition) is 1. The second kappa shape index (κ2) is 10.2. The predicted octanol–water partition coefficient (Wildman–Crippen LogP) is 2.76. The molecule has 0 fully saturated rings. The average Bonchev–Trinajstić information content (AvgIpc) is 2.46. The van der Waals surface area contributed by atoms with E-state index in [4.69, 9.17) is 4.74 Å². The minimum absolute atomic E-state index is 0.600. The van der Waals surface area contributed by atoms with Crippen molar-refractivity contribution in [1.29, 1.82) is 0 Å². The van der Waals surface area contributed by atoms with Gasteiger partial charge < -0.3 is 15.0 Å². The van der Waals surface area contributed by atoms with Crippen LogP contribution in [0.4, 0.5) is 0 Å². The Bertz CT molecular complexity index is 402. The summed E-state index contributed by atoms with van der Waals surface area (Å²) in [7, 11) is 4.01. The smallest absolute Gasteiger partial charge is 0.193 e. The highest BCUT2D eigenvalue weighted by atomic mass is 16.5. The van der Waals surface area contributed by atoms with Gasteiger partial charge in [-0.15, -0.1) is 0 Å². The number of nitrogens with zero attached hydrogens (tertiary/aromatic N) is 2. The summed E-state index contributed by atoms with van der Waals surface area (Å²) in [4.78, 5) is 6.64. The van der Waals surface area contributed by atoms with E-state index in [1.807, 2.05) is 37.2 Å². The van der Waals surface area contributed by atoms with Crippen molar-refractivity contribution in [1.82, 2.24) is 10.2 Å². The Labute approximate surface area is 129 Å². The number of guanidine groups is 1. The molecule has 1 aromatic carbocycles. The highest BCUT2D eigenvalue weighted by molar-refractivity contribution is 5.79. The van der Waals surface area contributed by atoms with E-state index in [0.717, 1.165) is 32.1 Å². The zero-order valence-electron chi connectivity index (χ0n) is 13.8. The van der Waals surface area contributed by atoms with Crippen LogP contribution in [0.3, 0.4) is 0 Å². The summed E-state index contributed by atoms with van der Waals surface area (Å²) in [6, 6.07) is 10.3.